The minimum absolute atomic E-state index is 0.283. The van der Waals surface area contributed by atoms with Crippen LogP contribution < -0.4 is 11.1 Å². The van der Waals surface area contributed by atoms with Gasteiger partial charge in [0.1, 0.15) is 6.04 Å². The molecule has 0 spiro atoms. The Labute approximate surface area is 118 Å². The number of hydrogen-bond acceptors (Lipinski definition) is 4. The van der Waals surface area contributed by atoms with Gasteiger partial charge >= 0.3 is 5.97 Å². The van der Waals surface area contributed by atoms with E-state index in [2.05, 4.69) is 10.2 Å². The molecule has 4 atom stereocenters. The lowest BCUT2D eigenvalue weighted by molar-refractivity contribution is -0.144. The number of rotatable bonds is 6. The van der Waals surface area contributed by atoms with Crippen LogP contribution in [0, 0.1) is 0 Å². The lowest BCUT2D eigenvalue weighted by Crippen LogP contribution is -2.53. The van der Waals surface area contributed by atoms with E-state index in [-0.39, 0.29) is 18.0 Å². The third-order valence-electron chi connectivity index (χ3n) is 3.87. The summed E-state index contributed by atoms with van der Waals surface area (Å²) < 4.78 is 0. The van der Waals surface area contributed by atoms with Gasteiger partial charge in [0.25, 0.3) is 0 Å². The van der Waals surface area contributed by atoms with Gasteiger partial charge in [0.05, 0.1) is 12.5 Å². The molecular weight excluding hydrogens is 262 g/mol. The highest BCUT2D eigenvalue weighted by Gasteiger charge is 2.35. The van der Waals surface area contributed by atoms with E-state index in [9.17, 15) is 14.4 Å². The van der Waals surface area contributed by atoms with Crippen LogP contribution in [0.5, 0.6) is 0 Å². The number of carboxylic acids is 1. The van der Waals surface area contributed by atoms with Gasteiger partial charge in [0.2, 0.25) is 11.8 Å². The molecule has 20 heavy (non-hydrogen) atoms. The van der Waals surface area contributed by atoms with Crippen LogP contribution in [0.2, 0.25) is 0 Å². The minimum atomic E-state index is -1.27. The van der Waals surface area contributed by atoms with Crippen LogP contribution in [0.4, 0.5) is 0 Å². The first kappa shape index (κ1) is 16.4. The van der Waals surface area contributed by atoms with Gasteiger partial charge in [-0.2, -0.15) is 0 Å². The molecule has 0 bridgehead atoms. The van der Waals surface area contributed by atoms with Crippen molar-refractivity contribution in [3.63, 3.8) is 0 Å². The first-order valence-electron chi connectivity index (χ1n) is 6.83. The Hall–Kier alpha value is -1.63. The van der Waals surface area contributed by atoms with E-state index in [1.54, 1.807) is 6.92 Å². The first-order chi connectivity index (χ1) is 9.23. The maximum atomic E-state index is 12.1. The summed E-state index contributed by atoms with van der Waals surface area (Å²) in [6.07, 6.45) is 1.63. The highest BCUT2D eigenvalue weighted by atomic mass is 16.4. The summed E-state index contributed by atoms with van der Waals surface area (Å²) in [5.74, 6) is -2.40. The molecule has 0 aromatic rings. The number of primary amides is 1. The van der Waals surface area contributed by atoms with Crippen LogP contribution in [0.15, 0.2) is 0 Å². The zero-order valence-electron chi connectivity index (χ0n) is 12.1. The van der Waals surface area contributed by atoms with E-state index in [0.717, 1.165) is 12.8 Å². The third-order valence-corrected chi connectivity index (χ3v) is 3.87. The summed E-state index contributed by atoms with van der Waals surface area (Å²) in [5, 5.41) is 11.4. The predicted molar refractivity (Wildman–Crippen MR) is 72.8 cm³/mol. The predicted octanol–water partition coefficient (Wildman–Crippen LogP) is -0.307. The summed E-state index contributed by atoms with van der Waals surface area (Å²) in [7, 11) is 0. The van der Waals surface area contributed by atoms with Crippen molar-refractivity contribution in [2.24, 2.45) is 5.73 Å². The Morgan fingerprint density at radius 1 is 1.30 bits per heavy atom. The molecule has 0 aliphatic carbocycles. The first-order valence-corrected chi connectivity index (χ1v) is 6.83. The van der Waals surface area contributed by atoms with E-state index in [1.807, 2.05) is 13.8 Å². The Bertz CT molecular complexity index is 389. The van der Waals surface area contributed by atoms with E-state index in [4.69, 9.17) is 10.8 Å². The summed E-state index contributed by atoms with van der Waals surface area (Å²) in [6.45, 7) is 5.84. The summed E-state index contributed by atoms with van der Waals surface area (Å²) in [5.41, 5.74) is 4.99. The van der Waals surface area contributed by atoms with Crippen molar-refractivity contribution in [2.45, 2.75) is 64.2 Å². The van der Waals surface area contributed by atoms with Crippen molar-refractivity contribution in [3.8, 4) is 0 Å². The van der Waals surface area contributed by atoms with Gasteiger partial charge in [0, 0.05) is 12.1 Å². The normalized spacial score (nSPS) is 25.9. The molecule has 1 fully saturated rings. The third kappa shape index (κ3) is 3.93. The number of carboxylic acid groups (broad SMARTS) is 1. The fraction of sp³-hybridized carbons (Fsp3) is 0.769. The van der Waals surface area contributed by atoms with Crippen molar-refractivity contribution < 1.29 is 19.5 Å². The van der Waals surface area contributed by atoms with Crippen LogP contribution >= 0.6 is 0 Å². The summed E-state index contributed by atoms with van der Waals surface area (Å²) in [6, 6.07) is -1.14. The molecule has 0 aromatic heterocycles. The van der Waals surface area contributed by atoms with E-state index in [0.29, 0.717) is 0 Å². The van der Waals surface area contributed by atoms with Gasteiger partial charge in [0.15, 0.2) is 0 Å². The van der Waals surface area contributed by atoms with Crippen LogP contribution in [0.1, 0.15) is 40.0 Å². The largest absolute Gasteiger partial charge is 0.480 e. The zero-order valence-corrected chi connectivity index (χ0v) is 12.1. The number of nitrogens with zero attached hydrogens (tertiary/aromatic N) is 1. The Morgan fingerprint density at radius 2 is 1.80 bits per heavy atom. The smallest absolute Gasteiger partial charge is 0.326 e. The molecule has 114 valence electrons. The second kappa shape index (κ2) is 6.69. The monoisotopic (exact) mass is 285 g/mol. The SMILES string of the molecule is CC1CCC(C)N1C(C)C(=O)N[C@@H](CC(N)=O)C(=O)O. The van der Waals surface area contributed by atoms with E-state index >= 15 is 0 Å². The second-order valence-electron chi connectivity index (χ2n) is 5.47. The molecule has 7 heteroatoms. The van der Waals surface area contributed by atoms with Gasteiger partial charge < -0.3 is 16.2 Å². The molecule has 3 unspecified atom stereocenters. The van der Waals surface area contributed by atoms with Crippen LogP contribution in [0.3, 0.4) is 0 Å². The maximum Gasteiger partial charge on any atom is 0.326 e. The number of aliphatic carboxylic acids is 1. The molecule has 1 saturated heterocycles. The number of amides is 2. The maximum absolute atomic E-state index is 12.1. The number of carbonyl (C=O) groups is 3. The Morgan fingerprint density at radius 3 is 2.20 bits per heavy atom. The molecule has 7 nitrogen and oxygen atoms in total. The second-order valence-corrected chi connectivity index (χ2v) is 5.47. The van der Waals surface area contributed by atoms with Crippen LogP contribution in [0.25, 0.3) is 0 Å². The van der Waals surface area contributed by atoms with Crippen molar-refractivity contribution in [1.82, 2.24) is 10.2 Å². The van der Waals surface area contributed by atoms with Gasteiger partial charge in [-0.3, -0.25) is 14.5 Å². The Kier molecular flexibility index (Phi) is 5.50. The highest BCUT2D eigenvalue weighted by molar-refractivity contribution is 5.89. The number of hydrogen-bond donors (Lipinski definition) is 3. The standard InChI is InChI=1S/C13H23N3O4/c1-7-4-5-8(2)16(7)9(3)12(18)15-10(13(19)20)6-11(14)17/h7-10H,4-6H2,1-3H3,(H2,14,17)(H,15,18)(H,19,20)/t7?,8?,9?,10-/m0/s1. The number of nitrogens with two attached hydrogens (primary N) is 1. The van der Waals surface area contributed by atoms with Gasteiger partial charge in [-0.15, -0.1) is 0 Å². The van der Waals surface area contributed by atoms with Crippen molar-refractivity contribution in [1.29, 1.82) is 0 Å². The molecule has 4 N–H and O–H groups in total. The van der Waals surface area contributed by atoms with Crippen molar-refractivity contribution >= 4 is 17.8 Å². The lowest BCUT2D eigenvalue weighted by Gasteiger charge is -2.32. The van der Waals surface area contributed by atoms with Crippen LogP contribution in [-0.2, 0) is 14.4 Å². The molecule has 1 aliphatic rings. The molecule has 0 radical (unpaired) electrons. The van der Waals surface area contributed by atoms with Gasteiger partial charge in [-0.1, -0.05) is 0 Å². The Balaban J connectivity index is 2.68. The van der Waals surface area contributed by atoms with Gasteiger partial charge in [-0.25, -0.2) is 4.79 Å². The summed E-state index contributed by atoms with van der Waals surface area (Å²) >= 11 is 0. The van der Waals surface area contributed by atoms with Crippen molar-refractivity contribution in [2.75, 3.05) is 0 Å². The summed E-state index contributed by atoms with van der Waals surface area (Å²) in [4.78, 5) is 36.0. The molecule has 1 rings (SSSR count). The molecule has 2 amide bonds. The van der Waals surface area contributed by atoms with E-state index < -0.39 is 30.4 Å². The fourth-order valence-electron chi connectivity index (χ4n) is 2.81. The fourth-order valence-corrected chi connectivity index (χ4v) is 2.81. The molecule has 1 aliphatic heterocycles. The number of carbonyl (C=O) groups excluding carboxylic acids is 2. The quantitative estimate of drug-likeness (QED) is 0.620. The number of nitrogens with one attached hydrogen (secondary N) is 1. The van der Waals surface area contributed by atoms with Gasteiger partial charge in [-0.05, 0) is 33.6 Å². The number of likely N-dealkylation sites (tertiary alicyclic amines) is 1. The highest BCUT2D eigenvalue weighted by Crippen LogP contribution is 2.25. The van der Waals surface area contributed by atoms with Crippen LogP contribution in [-0.4, -0.2) is 52.0 Å². The molecule has 1 heterocycles. The molecular formula is C13H23N3O4. The molecule has 0 saturated carbocycles. The van der Waals surface area contributed by atoms with E-state index in [1.165, 1.54) is 0 Å². The van der Waals surface area contributed by atoms with Crippen molar-refractivity contribution in [3.05, 3.63) is 0 Å². The average molecular weight is 285 g/mol. The molecule has 0 aromatic carbocycles. The minimum Gasteiger partial charge on any atom is -0.480 e. The topological polar surface area (TPSA) is 113 Å². The average Bonchev–Trinajstić information content (AvgIpc) is 2.66. The zero-order chi connectivity index (χ0) is 15.4. The lowest BCUT2D eigenvalue weighted by atomic mass is 10.1.